The zero-order chi connectivity index (χ0) is 12.5. The molecule has 1 aliphatic carbocycles. The summed E-state index contributed by atoms with van der Waals surface area (Å²) in [7, 11) is 0. The van der Waals surface area contributed by atoms with Gasteiger partial charge in [-0.3, -0.25) is 20.2 Å². The number of allylic oxidation sites excluding steroid dienone is 3. The number of hydrogen-bond acceptors (Lipinski definition) is 3. The average molecular weight is 257 g/mol. The summed E-state index contributed by atoms with van der Waals surface area (Å²) in [5.41, 5.74) is -1.22. The normalized spacial score (nSPS) is 25.1. The summed E-state index contributed by atoms with van der Waals surface area (Å²) in [6.07, 6.45) is 7.18. The second kappa shape index (κ2) is 5.82. The molecule has 90 valence electrons. The van der Waals surface area contributed by atoms with Gasteiger partial charge in [0, 0.05) is 5.92 Å². The molecule has 1 aliphatic heterocycles. The van der Waals surface area contributed by atoms with E-state index in [1.807, 2.05) is 12.2 Å². The van der Waals surface area contributed by atoms with Gasteiger partial charge in [-0.1, -0.05) is 18.2 Å². The number of imide groups is 2. The van der Waals surface area contributed by atoms with E-state index in [0.717, 1.165) is 12.8 Å². The number of carbonyl (C=O) groups excluding carboxylic acids is 3. The van der Waals surface area contributed by atoms with Gasteiger partial charge < -0.3 is 0 Å². The monoisotopic (exact) mass is 257 g/mol. The third kappa shape index (κ3) is 2.30. The second-order valence-electron chi connectivity index (χ2n) is 4.31. The molecule has 0 aromatic rings. The third-order valence-corrected chi connectivity index (χ3v) is 3.38. The van der Waals surface area contributed by atoms with Crippen LogP contribution in [0.2, 0.25) is 0 Å². The summed E-state index contributed by atoms with van der Waals surface area (Å²) in [4.78, 5) is 35.2. The van der Waals surface area contributed by atoms with Crippen molar-refractivity contribution < 1.29 is 43.9 Å². The van der Waals surface area contributed by atoms with Crippen LogP contribution >= 0.6 is 0 Å². The van der Waals surface area contributed by atoms with Crippen LogP contribution in [0, 0.1) is 11.3 Å². The first-order valence-electron chi connectivity index (χ1n) is 5.55. The Bertz CT molecular complexity index is 411. The quantitative estimate of drug-likeness (QED) is 0.345. The van der Waals surface area contributed by atoms with Crippen molar-refractivity contribution in [3.63, 3.8) is 0 Å². The van der Waals surface area contributed by atoms with Crippen molar-refractivity contribution in [1.29, 1.82) is 0 Å². The molecule has 1 fully saturated rings. The van der Waals surface area contributed by atoms with Gasteiger partial charge in [0.25, 0.3) is 0 Å². The summed E-state index contributed by atoms with van der Waals surface area (Å²) in [5, 5.41) is 4.34. The van der Waals surface area contributed by atoms with Crippen LogP contribution < -0.4 is 40.2 Å². The molecule has 1 atom stereocenters. The van der Waals surface area contributed by atoms with Crippen molar-refractivity contribution in [2.24, 2.45) is 11.3 Å². The minimum absolute atomic E-state index is 0. The number of urea groups is 1. The topological polar surface area (TPSA) is 75.3 Å². The number of barbiturate groups is 1. The summed E-state index contributed by atoms with van der Waals surface area (Å²) in [6.45, 7) is 3.59. The molecule has 0 radical (unpaired) electrons. The first kappa shape index (κ1) is 15.1. The molecule has 0 spiro atoms. The Kier molecular flexibility index (Phi) is 4.90. The summed E-state index contributed by atoms with van der Waals surface area (Å²) >= 11 is 0. The fraction of sp³-hybridized carbons (Fsp3) is 0.417. The number of carbonyl (C=O) groups is 3. The Morgan fingerprint density at radius 2 is 1.94 bits per heavy atom. The Balaban J connectivity index is 0.00000162. The van der Waals surface area contributed by atoms with E-state index in [1.54, 1.807) is 6.08 Å². The number of amides is 4. The molecular weight excluding hydrogens is 243 g/mol. The van der Waals surface area contributed by atoms with E-state index in [-0.39, 0.29) is 41.9 Å². The fourth-order valence-electron chi connectivity index (χ4n) is 2.51. The van der Waals surface area contributed by atoms with Crippen LogP contribution in [0.1, 0.15) is 19.3 Å². The standard InChI is InChI=1S/C12H14N2O3.Na/c1-2-7-12(8-5-3-4-6-8)9(15)13-11(17)14-10(12)16;/h2-3,5,8H,1,4,6-7H2,(H2,13,14,15,16,17);/q;+1. The first-order valence-corrected chi connectivity index (χ1v) is 5.55. The van der Waals surface area contributed by atoms with E-state index in [1.165, 1.54) is 0 Å². The number of nitrogens with one attached hydrogen (secondary N) is 2. The maximum atomic E-state index is 12.0. The van der Waals surface area contributed by atoms with Gasteiger partial charge in [-0.2, -0.15) is 0 Å². The van der Waals surface area contributed by atoms with Gasteiger partial charge in [0.15, 0.2) is 0 Å². The van der Waals surface area contributed by atoms with E-state index in [0.29, 0.717) is 0 Å². The zero-order valence-corrected chi connectivity index (χ0v) is 12.4. The van der Waals surface area contributed by atoms with Crippen LogP contribution in [-0.2, 0) is 9.59 Å². The van der Waals surface area contributed by atoms with Gasteiger partial charge in [0.05, 0.1) is 0 Å². The van der Waals surface area contributed by atoms with Crippen molar-refractivity contribution in [2.45, 2.75) is 19.3 Å². The second-order valence-corrected chi connectivity index (χ2v) is 4.31. The van der Waals surface area contributed by atoms with E-state index in [4.69, 9.17) is 0 Å². The maximum absolute atomic E-state index is 12.0. The first-order chi connectivity index (χ1) is 8.11. The van der Waals surface area contributed by atoms with Gasteiger partial charge in [-0.25, -0.2) is 4.79 Å². The van der Waals surface area contributed by atoms with Gasteiger partial charge in [0.1, 0.15) is 5.41 Å². The van der Waals surface area contributed by atoms with Crippen molar-refractivity contribution >= 4 is 17.8 Å². The maximum Gasteiger partial charge on any atom is 1.00 e. The van der Waals surface area contributed by atoms with E-state index in [9.17, 15) is 14.4 Å². The largest absolute Gasteiger partial charge is 1.00 e. The molecule has 5 nitrogen and oxygen atoms in total. The van der Waals surface area contributed by atoms with Gasteiger partial charge in [-0.15, -0.1) is 6.58 Å². The van der Waals surface area contributed by atoms with Crippen LogP contribution in [0.5, 0.6) is 0 Å². The predicted octanol–water partition coefficient (Wildman–Crippen LogP) is -2.11. The zero-order valence-electron chi connectivity index (χ0n) is 10.4. The minimum Gasteiger partial charge on any atom is -0.277 e. The Morgan fingerprint density at radius 1 is 1.33 bits per heavy atom. The van der Waals surface area contributed by atoms with Gasteiger partial charge in [0.2, 0.25) is 11.8 Å². The number of hydrogen-bond donors (Lipinski definition) is 2. The van der Waals surface area contributed by atoms with Crippen LogP contribution in [0.25, 0.3) is 0 Å². The Hall–Kier alpha value is -0.910. The summed E-state index contributed by atoms with van der Waals surface area (Å²) in [5.74, 6) is -1.22. The van der Waals surface area contributed by atoms with Crippen molar-refractivity contribution in [3.05, 3.63) is 24.8 Å². The van der Waals surface area contributed by atoms with Crippen molar-refractivity contribution in [3.8, 4) is 0 Å². The molecule has 1 saturated heterocycles. The third-order valence-electron chi connectivity index (χ3n) is 3.38. The molecule has 4 amide bonds. The predicted molar refractivity (Wildman–Crippen MR) is 60.8 cm³/mol. The van der Waals surface area contributed by atoms with E-state index < -0.39 is 23.3 Å². The molecule has 6 heteroatoms. The smallest absolute Gasteiger partial charge is 0.277 e. The minimum atomic E-state index is -1.22. The van der Waals surface area contributed by atoms with Crippen LogP contribution in [0.15, 0.2) is 24.8 Å². The Morgan fingerprint density at radius 3 is 2.39 bits per heavy atom. The molecule has 0 bridgehead atoms. The molecule has 1 heterocycles. The Labute approximate surface area is 127 Å². The molecule has 1 unspecified atom stereocenters. The van der Waals surface area contributed by atoms with Crippen molar-refractivity contribution in [2.75, 3.05) is 0 Å². The number of rotatable bonds is 3. The molecule has 0 aromatic carbocycles. The molecule has 2 N–H and O–H groups in total. The molecule has 0 saturated carbocycles. The van der Waals surface area contributed by atoms with Crippen molar-refractivity contribution in [1.82, 2.24) is 10.6 Å². The molecular formula is C12H14N2NaO3+. The molecule has 2 aliphatic rings. The van der Waals surface area contributed by atoms with E-state index in [2.05, 4.69) is 17.2 Å². The fourth-order valence-corrected chi connectivity index (χ4v) is 2.51. The van der Waals surface area contributed by atoms with Gasteiger partial charge in [-0.05, 0) is 19.3 Å². The summed E-state index contributed by atoms with van der Waals surface area (Å²) in [6, 6.07) is -0.748. The van der Waals surface area contributed by atoms with E-state index >= 15 is 0 Å². The van der Waals surface area contributed by atoms with Crippen LogP contribution in [-0.4, -0.2) is 17.8 Å². The molecule has 18 heavy (non-hydrogen) atoms. The average Bonchev–Trinajstić information content (AvgIpc) is 2.77. The van der Waals surface area contributed by atoms with Crippen LogP contribution in [0.4, 0.5) is 4.79 Å². The van der Waals surface area contributed by atoms with Gasteiger partial charge >= 0.3 is 35.6 Å². The van der Waals surface area contributed by atoms with Crippen LogP contribution in [0.3, 0.4) is 0 Å². The summed E-state index contributed by atoms with van der Waals surface area (Å²) < 4.78 is 0. The molecule has 2 rings (SSSR count). The molecule has 0 aromatic heterocycles. The SMILES string of the molecule is C=CCC1(C2C=CCC2)C(=O)NC(=O)NC1=O.[Na+].